The van der Waals surface area contributed by atoms with E-state index in [-0.39, 0.29) is 0 Å². The molecule has 7 N–H and O–H groups in total. The van der Waals surface area contributed by atoms with E-state index in [2.05, 4.69) is 5.32 Å². The van der Waals surface area contributed by atoms with Crippen LogP contribution in [0.1, 0.15) is 20.3 Å². The zero-order valence-corrected chi connectivity index (χ0v) is 12.3. The lowest BCUT2D eigenvalue weighted by Crippen LogP contribution is -2.57. The van der Waals surface area contributed by atoms with Gasteiger partial charge in [0.05, 0.1) is 12.6 Å². The van der Waals surface area contributed by atoms with E-state index < -0.39 is 61.7 Å². The summed E-state index contributed by atoms with van der Waals surface area (Å²) in [5, 5.41) is 58.3. The maximum absolute atomic E-state index is 11.1. The predicted octanol–water partition coefficient (Wildman–Crippen LogP) is -3.23. The van der Waals surface area contributed by atoms with Crippen molar-refractivity contribution >= 4 is 11.9 Å². The Hall–Kier alpha value is -1.30. The molecule has 5 atom stereocenters. The minimum absolute atomic E-state index is 0.521. The molecule has 0 aromatic carbocycles. The van der Waals surface area contributed by atoms with Crippen molar-refractivity contribution in [2.45, 2.75) is 50.4 Å². The monoisotopic (exact) mass is 325 g/mol. The third kappa shape index (κ3) is 5.83. The largest absolute Gasteiger partial charge is 0.477 e. The summed E-state index contributed by atoms with van der Waals surface area (Å²) in [5.41, 5.74) is 0. The van der Waals surface area contributed by atoms with Gasteiger partial charge in [-0.05, 0) is 6.92 Å². The highest BCUT2D eigenvalue weighted by Crippen LogP contribution is 2.20. The number of carboxylic acid groups (broad SMARTS) is 1. The average molecular weight is 325 g/mol. The fourth-order valence-electron chi connectivity index (χ4n) is 1.79. The van der Waals surface area contributed by atoms with Crippen LogP contribution in [0.15, 0.2) is 0 Å². The SMILES string of the molecule is CC(=O)NC(C)C(O[C@](O)(CCO)C(=O)O)[C@H](O)[C@H](O)CO. The van der Waals surface area contributed by atoms with Gasteiger partial charge in [0, 0.05) is 20.0 Å². The summed E-state index contributed by atoms with van der Waals surface area (Å²) < 4.78 is 4.95. The summed E-state index contributed by atoms with van der Waals surface area (Å²) in [4.78, 5) is 22.2. The molecule has 0 bridgehead atoms. The Kier molecular flexibility index (Phi) is 8.45. The van der Waals surface area contributed by atoms with Gasteiger partial charge >= 0.3 is 5.97 Å². The molecule has 0 aromatic rings. The number of amides is 1. The molecule has 0 saturated carbocycles. The third-order valence-corrected chi connectivity index (χ3v) is 2.96. The third-order valence-electron chi connectivity index (χ3n) is 2.96. The molecule has 0 aromatic heterocycles. The predicted molar refractivity (Wildman–Crippen MR) is 71.5 cm³/mol. The zero-order valence-electron chi connectivity index (χ0n) is 12.3. The highest BCUT2D eigenvalue weighted by atomic mass is 16.7. The van der Waals surface area contributed by atoms with E-state index in [1.165, 1.54) is 13.8 Å². The number of carbonyl (C=O) groups is 2. The van der Waals surface area contributed by atoms with Crippen LogP contribution >= 0.6 is 0 Å². The van der Waals surface area contributed by atoms with Crippen LogP contribution in [0.4, 0.5) is 0 Å². The number of aliphatic carboxylic acids is 1. The highest BCUT2D eigenvalue weighted by Gasteiger charge is 2.44. The molecule has 0 saturated heterocycles. The fourth-order valence-corrected chi connectivity index (χ4v) is 1.79. The van der Waals surface area contributed by atoms with Gasteiger partial charge in [-0.2, -0.15) is 0 Å². The first-order chi connectivity index (χ1) is 10.1. The van der Waals surface area contributed by atoms with Crippen molar-refractivity contribution in [2.75, 3.05) is 13.2 Å². The molecule has 0 fully saturated rings. The van der Waals surface area contributed by atoms with Crippen LogP contribution in [0.3, 0.4) is 0 Å². The summed E-state index contributed by atoms with van der Waals surface area (Å²) in [5.74, 6) is -5.16. The van der Waals surface area contributed by atoms with E-state index in [1.807, 2.05) is 0 Å². The number of ether oxygens (including phenoxy) is 1. The normalized spacial score (nSPS) is 19.6. The Labute approximate surface area is 127 Å². The zero-order chi connectivity index (χ0) is 17.5. The molecule has 0 aliphatic carbocycles. The molecule has 0 spiro atoms. The Morgan fingerprint density at radius 2 is 1.82 bits per heavy atom. The fraction of sp³-hybridized carbons (Fsp3) is 0.833. The van der Waals surface area contributed by atoms with E-state index in [4.69, 9.17) is 20.1 Å². The van der Waals surface area contributed by atoms with Crippen LogP contribution < -0.4 is 5.32 Å². The van der Waals surface area contributed by atoms with Crippen molar-refractivity contribution in [2.24, 2.45) is 0 Å². The molecule has 0 aliphatic rings. The molecular weight excluding hydrogens is 302 g/mol. The van der Waals surface area contributed by atoms with E-state index in [0.29, 0.717) is 0 Å². The number of carboxylic acids is 1. The van der Waals surface area contributed by atoms with Gasteiger partial charge in [-0.25, -0.2) is 4.79 Å². The summed E-state index contributed by atoms with van der Waals surface area (Å²) >= 11 is 0. The van der Waals surface area contributed by atoms with Crippen LogP contribution in [0.2, 0.25) is 0 Å². The number of hydrogen-bond acceptors (Lipinski definition) is 8. The molecular formula is C12H23NO9. The minimum Gasteiger partial charge on any atom is -0.477 e. The van der Waals surface area contributed by atoms with Crippen LogP contribution in [0, 0.1) is 0 Å². The first-order valence-electron chi connectivity index (χ1n) is 6.57. The number of aliphatic hydroxyl groups excluding tert-OH is 4. The van der Waals surface area contributed by atoms with Gasteiger partial charge in [-0.1, -0.05) is 0 Å². The van der Waals surface area contributed by atoms with Gasteiger partial charge in [0.1, 0.15) is 18.3 Å². The Morgan fingerprint density at radius 1 is 1.27 bits per heavy atom. The van der Waals surface area contributed by atoms with Crippen molar-refractivity contribution in [3.8, 4) is 0 Å². The second-order valence-electron chi connectivity index (χ2n) is 4.88. The highest BCUT2D eigenvalue weighted by molar-refractivity contribution is 5.75. The molecule has 0 aliphatic heterocycles. The lowest BCUT2D eigenvalue weighted by atomic mass is 10.0. The van der Waals surface area contributed by atoms with Crippen LogP contribution in [-0.4, -0.2) is 85.9 Å². The molecule has 0 rings (SSSR count). The van der Waals surface area contributed by atoms with Gasteiger partial charge in [0.2, 0.25) is 5.91 Å². The summed E-state index contributed by atoms with van der Waals surface area (Å²) in [7, 11) is 0. The van der Waals surface area contributed by atoms with Gasteiger partial charge in [-0.3, -0.25) is 4.79 Å². The maximum Gasteiger partial charge on any atom is 0.364 e. The van der Waals surface area contributed by atoms with Gasteiger partial charge < -0.3 is 40.7 Å². The standard InChI is InChI=1S/C12H23NO9/c1-6(13-7(2)16)10(9(18)8(17)5-15)22-12(21,3-4-14)11(19)20/h6,8-10,14-15,17-18,21H,3-5H2,1-2H3,(H,13,16)(H,19,20)/t6?,8-,9-,10?,12-/m1/s1. The van der Waals surface area contributed by atoms with Crippen molar-refractivity contribution in [1.29, 1.82) is 0 Å². The van der Waals surface area contributed by atoms with Crippen LogP contribution in [0.5, 0.6) is 0 Å². The maximum atomic E-state index is 11.1. The van der Waals surface area contributed by atoms with Crippen LogP contribution in [0.25, 0.3) is 0 Å². The van der Waals surface area contributed by atoms with Gasteiger partial charge in [0.25, 0.3) is 5.79 Å². The summed E-state index contributed by atoms with van der Waals surface area (Å²) in [6.45, 7) is 0.947. The minimum atomic E-state index is -2.83. The number of rotatable bonds is 10. The molecule has 10 nitrogen and oxygen atoms in total. The Bertz CT molecular complexity index is 378. The molecule has 1 amide bonds. The number of hydrogen-bond donors (Lipinski definition) is 7. The second-order valence-corrected chi connectivity index (χ2v) is 4.88. The van der Waals surface area contributed by atoms with E-state index in [0.717, 1.165) is 0 Å². The first-order valence-corrected chi connectivity index (χ1v) is 6.57. The van der Waals surface area contributed by atoms with Crippen molar-refractivity contribution in [3.05, 3.63) is 0 Å². The number of nitrogens with one attached hydrogen (secondary N) is 1. The topological polar surface area (TPSA) is 177 Å². The first kappa shape index (κ1) is 20.7. The van der Waals surface area contributed by atoms with E-state index >= 15 is 0 Å². The number of carbonyl (C=O) groups excluding carboxylic acids is 1. The van der Waals surface area contributed by atoms with Gasteiger partial charge in [-0.15, -0.1) is 0 Å². The van der Waals surface area contributed by atoms with Crippen molar-refractivity contribution in [3.63, 3.8) is 0 Å². The van der Waals surface area contributed by atoms with E-state index in [1.54, 1.807) is 0 Å². The Morgan fingerprint density at radius 3 is 2.18 bits per heavy atom. The molecule has 0 heterocycles. The molecule has 130 valence electrons. The molecule has 0 radical (unpaired) electrons. The lowest BCUT2D eigenvalue weighted by Gasteiger charge is -2.36. The molecule has 10 heteroatoms. The lowest BCUT2D eigenvalue weighted by molar-refractivity contribution is -0.265. The van der Waals surface area contributed by atoms with E-state index in [9.17, 15) is 24.9 Å². The average Bonchev–Trinajstić information content (AvgIpc) is 2.42. The molecule has 22 heavy (non-hydrogen) atoms. The summed E-state index contributed by atoms with van der Waals surface area (Å²) in [6, 6.07) is -1.00. The van der Waals surface area contributed by atoms with Crippen LogP contribution in [-0.2, 0) is 14.3 Å². The number of aliphatic hydroxyl groups is 5. The quantitative estimate of drug-likeness (QED) is 0.203. The van der Waals surface area contributed by atoms with Crippen molar-refractivity contribution in [1.82, 2.24) is 5.32 Å². The Balaban J connectivity index is 5.37. The second kappa shape index (κ2) is 8.98. The smallest absolute Gasteiger partial charge is 0.364 e. The molecule has 2 unspecified atom stereocenters. The summed E-state index contributed by atoms with van der Waals surface area (Å²) in [6.07, 6.45) is -5.74. The van der Waals surface area contributed by atoms with Gasteiger partial charge in [0.15, 0.2) is 0 Å². The van der Waals surface area contributed by atoms with Crippen molar-refractivity contribution < 1.29 is 45.0 Å².